The first-order valence-electron chi connectivity index (χ1n) is 5.43. The van der Waals surface area contributed by atoms with Crippen LogP contribution in [0.1, 0.15) is 5.69 Å². The molecular formula is C13H12FN3. The van der Waals surface area contributed by atoms with Crippen LogP contribution in [0.4, 0.5) is 4.39 Å². The topological polar surface area (TPSA) is 22.8 Å². The summed E-state index contributed by atoms with van der Waals surface area (Å²) in [5.41, 5.74) is 1.95. The summed E-state index contributed by atoms with van der Waals surface area (Å²) in [7, 11) is 1.90. The Morgan fingerprint density at radius 1 is 1.18 bits per heavy atom. The third-order valence-corrected chi connectivity index (χ3v) is 2.88. The highest BCUT2D eigenvalue weighted by atomic mass is 19.1. The summed E-state index contributed by atoms with van der Waals surface area (Å²) in [6.07, 6.45) is 1.93. The summed E-state index contributed by atoms with van der Waals surface area (Å²) >= 11 is 0. The number of hydrogen-bond acceptors (Lipinski definition) is 1. The summed E-state index contributed by atoms with van der Waals surface area (Å²) in [5, 5.41) is 5.21. The predicted molar refractivity (Wildman–Crippen MR) is 64.7 cm³/mol. The molecule has 0 saturated heterocycles. The minimum atomic E-state index is -0.212. The number of halogens is 1. The Bertz CT molecular complexity index is 694. The van der Waals surface area contributed by atoms with Crippen molar-refractivity contribution >= 4 is 10.9 Å². The number of rotatable bonds is 1. The number of aryl methyl sites for hydroxylation is 2. The second-order valence-corrected chi connectivity index (χ2v) is 4.16. The molecule has 0 bridgehead atoms. The van der Waals surface area contributed by atoms with E-state index in [1.54, 1.807) is 6.07 Å². The largest absolute Gasteiger partial charge is 0.301 e. The molecule has 1 aromatic carbocycles. The highest BCUT2D eigenvalue weighted by molar-refractivity contribution is 5.81. The van der Waals surface area contributed by atoms with Crippen molar-refractivity contribution in [3.8, 4) is 5.82 Å². The molecule has 0 atom stereocenters. The Kier molecular flexibility index (Phi) is 2.04. The average molecular weight is 229 g/mol. The molecule has 0 radical (unpaired) electrons. The van der Waals surface area contributed by atoms with E-state index in [0.29, 0.717) is 0 Å². The monoisotopic (exact) mass is 229 g/mol. The van der Waals surface area contributed by atoms with Gasteiger partial charge >= 0.3 is 0 Å². The number of nitrogens with zero attached hydrogens (tertiary/aromatic N) is 3. The van der Waals surface area contributed by atoms with Crippen LogP contribution in [-0.4, -0.2) is 14.3 Å². The second-order valence-electron chi connectivity index (χ2n) is 4.16. The zero-order chi connectivity index (χ0) is 12.0. The maximum absolute atomic E-state index is 13.1. The minimum Gasteiger partial charge on any atom is -0.301 e. The third kappa shape index (κ3) is 1.53. The molecule has 0 amide bonds. The summed E-state index contributed by atoms with van der Waals surface area (Å²) < 4.78 is 16.9. The van der Waals surface area contributed by atoms with Gasteiger partial charge in [-0.25, -0.2) is 4.39 Å². The first kappa shape index (κ1) is 10.1. The van der Waals surface area contributed by atoms with Crippen molar-refractivity contribution in [1.29, 1.82) is 0 Å². The molecular weight excluding hydrogens is 217 g/mol. The standard InChI is InChI=1S/C13H12FN3/c1-9-7-13(16(2)15-9)17-6-5-10-8-11(14)3-4-12(10)17/h3-8H,1-2H3. The third-order valence-electron chi connectivity index (χ3n) is 2.88. The van der Waals surface area contributed by atoms with Gasteiger partial charge in [0.2, 0.25) is 0 Å². The lowest BCUT2D eigenvalue weighted by Gasteiger charge is -2.04. The van der Waals surface area contributed by atoms with E-state index < -0.39 is 0 Å². The van der Waals surface area contributed by atoms with Crippen molar-refractivity contribution < 1.29 is 4.39 Å². The van der Waals surface area contributed by atoms with Crippen LogP contribution in [0.25, 0.3) is 16.7 Å². The highest BCUT2D eigenvalue weighted by Gasteiger charge is 2.08. The second kappa shape index (κ2) is 3.45. The Balaban J connectivity index is 2.28. The van der Waals surface area contributed by atoms with Gasteiger partial charge < -0.3 is 4.57 Å². The molecule has 3 nitrogen and oxygen atoms in total. The van der Waals surface area contributed by atoms with Crippen LogP contribution >= 0.6 is 0 Å². The highest BCUT2D eigenvalue weighted by Crippen LogP contribution is 2.21. The van der Waals surface area contributed by atoms with Crippen LogP contribution in [0.2, 0.25) is 0 Å². The fourth-order valence-corrected chi connectivity index (χ4v) is 2.14. The molecule has 3 rings (SSSR count). The smallest absolute Gasteiger partial charge is 0.135 e. The SMILES string of the molecule is Cc1cc(-n2ccc3cc(F)ccc32)n(C)n1. The van der Waals surface area contributed by atoms with Gasteiger partial charge in [0.15, 0.2) is 0 Å². The van der Waals surface area contributed by atoms with Crippen LogP contribution in [-0.2, 0) is 7.05 Å². The van der Waals surface area contributed by atoms with Crippen LogP contribution in [0.15, 0.2) is 36.5 Å². The van der Waals surface area contributed by atoms with Gasteiger partial charge in [-0.2, -0.15) is 5.10 Å². The molecule has 0 aliphatic rings. The maximum atomic E-state index is 13.1. The Morgan fingerprint density at radius 2 is 2.00 bits per heavy atom. The predicted octanol–water partition coefficient (Wildman–Crippen LogP) is 2.81. The minimum absolute atomic E-state index is 0.212. The lowest BCUT2D eigenvalue weighted by molar-refractivity contribution is 0.629. The first-order chi connectivity index (χ1) is 8.15. The lowest BCUT2D eigenvalue weighted by atomic mass is 10.2. The lowest BCUT2D eigenvalue weighted by Crippen LogP contribution is -2.01. The number of fused-ring (bicyclic) bond motifs is 1. The van der Waals surface area contributed by atoms with Crippen LogP contribution in [0.3, 0.4) is 0 Å². The zero-order valence-electron chi connectivity index (χ0n) is 9.68. The van der Waals surface area contributed by atoms with Crippen molar-refractivity contribution in [3.05, 3.63) is 48.0 Å². The normalized spacial score (nSPS) is 11.2. The van der Waals surface area contributed by atoms with Gasteiger partial charge in [-0.3, -0.25) is 4.68 Å². The molecule has 17 heavy (non-hydrogen) atoms. The summed E-state index contributed by atoms with van der Waals surface area (Å²) in [4.78, 5) is 0. The first-order valence-corrected chi connectivity index (χ1v) is 5.43. The maximum Gasteiger partial charge on any atom is 0.135 e. The van der Waals surface area contributed by atoms with E-state index in [-0.39, 0.29) is 5.82 Å². The Morgan fingerprint density at radius 3 is 2.71 bits per heavy atom. The van der Waals surface area contributed by atoms with E-state index in [9.17, 15) is 4.39 Å². The van der Waals surface area contributed by atoms with Gasteiger partial charge in [-0.05, 0) is 31.2 Å². The van der Waals surface area contributed by atoms with Crippen LogP contribution in [0.5, 0.6) is 0 Å². The van der Waals surface area contributed by atoms with Crippen molar-refractivity contribution in [1.82, 2.24) is 14.3 Å². The molecule has 0 spiro atoms. The van der Waals surface area contributed by atoms with E-state index in [2.05, 4.69) is 5.10 Å². The Hall–Kier alpha value is -2.10. The summed E-state index contributed by atoms with van der Waals surface area (Å²) in [6, 6.07) is 8.70. The Labute approximate surface area is 98.1 Å². The van der Waals surface area contributed by atoms with Crippen molar-refractivity contribution in [2.24, 2.45) is 7.05 Å². The zero-order valence-corrected chi connectivity index (χ0v) is 9.68. The van der Waals surface area contributed by atoms with Gasteiger partial charge in [0.25, 0.3) is 0 Å². The van der Waals surface area contributed by atoms with Gasteiger partial charge in [-0.15, -0.1) is 0 Å². The molecule has 2 heterocycles. The molecule has 0 aliphatic carbocycles. The van der Waals surface area contributed by atoms with Crippen LogP contribution in [0, 0.1) is 12.7 Å². The summed E-state index contributed by atoms with van der Waals surface area (Å²) in [5.74, 6) is 0.764. The molecule has 0 saturated carbocycles. The van der Waals surface area contributed by atoms with E-state index in [1.165, 1.54) is 12.1 Å². The van der Waals surface area contributed by atoms with Gasteiger partial charge in [0.1, 0.15) is 11.6 Å². The fourth-order valence-electron chi connectivity index (χ4n) is 2.14. The fraction of sp³-hybridized carbons (Fsp3) is 0.154. The van der Waals surface area contributed by atoms with E-state index >= 15 is 0 Å². The average Bonchev–Trinajstić information content (AvgIpc) is 2.81. The number of hydrogen-bond donors (Lipinski definition) is 0. The molecule has 0 aliphatic heterocycles. The van der Waals surface area contributed by atoms with Gasteiger partial charge in [-0.1, -0.05) is 0 Å². The number of benzene rings is 1. The van der Waals surface area contributed by atoms with E-state index in [4.69, 9.17) is 0 Å². The van der Waals surface area contributed by atoms with Gasteiger partial charge in [0.05, 0.1) is 11.2 Å². The molecule has 86 valence electrons. The van der Waals surface area contributed by atoms with Crippen molar-refractivity contribution in [2.75, 3.05) is 0 Å². The van der Waals surface area contributed by atoms with Gasteiger partial charge in [0, 0.05) is 24.7 Å². The molecule has 0 unspecified atom stereocenters. The van der Waals surface area contributed by atoms with Crippen molar-refractivity contribution in [2.45, 2.75) is 6.92 Å². The molecule has 4 heteroatoms. The molecule has 0 N–H and O–H groups in total. The molecule has 0 fully saturated rings. The molecule has 2 aromatic heterocycles. The summed E-state index contributed by atoms with van der Waals surface area (Å²) in [6.45, 7) is 1.95. The quantitative estimate of drug-likeness (QED) is 0.629. The molecule has 3 aromatic rings. The van der Waals surface area contributed by atoms with E-state index in [0.717, 1.165) is 22.4 Å². The van der Waals surface area contributed by atoms with E-state index in [1.807, 2.05) is 41.5 Å². The number of aromatic nitrogens is 3. The van der Waals surface area contributed by atoms with Crippen LogP contribution < -0.4 is 0 Å². The van der Waals surface area contributed by atoms with Crippen molar-refractivity contribution in [3.63, 3.8) is 0 Å².